The maximum atomic E-state index is 5.92. The second kappa shape index (κ2) is 24.0. The molecule has 2 aromatic rings. The van der Waals surface area contributed by atoms with Crippen molar-refractivity contribution in [3.05, 3.63) is 115 Å². The SMILES string of the molecule is C1=CC(C2CCCC[N-]2)[N-]CC1.C1CCC(C2CCCC[N-]2)[N-]C1.CN(C)c1cccc(OCCCCCCC2=c3ccc4c(c3[N-]C=C2)[N-]C=CC=4)c1.[Ru+6]. The fourth-order valence-electron chi connectivity index (χ4n) is 8.03. The Morgan fingerprint density at radius 2 is 1.42 bits per heavy atom. The molecular weight excluding hydrogens is 768 g/mol. The first-order valence-corrected chi connectivity index (χ1v) is 21.0. The Labute approximate surface area is 344 Å². The van der Waals surface area contributed by atoms with Gasteiger partial charge in [0.15, 0.2) is 0 Å². The van der Waals surface area contributed by atoms with E-state index >= 15 is 0 Å². The van der Waals surface area contributed by atoms with Crippen molar-refractivity contribution in [1.29, 1.82) is 0 Å². The summed E-state index contributed by atoms with van der Waals surface area (Å²) >= 11 is 0. The van der Waals surface area contributed by atoms with Crippen LogP contribution in [0.5, 0.6) is 5.75 Å². The topological polar surface area (TPSA) is 97.1 Å². The predicted octanol–water partition coefficient (Wildman–Crippen LogP) is 11.2. The average Bonchev–Trinajstić information content (AvgIpc) is 3.25. The Morgan fingerprint density at radius 1 is 0.709 bits per heavy atom. The number of benzene rings is 2. The number of unbranched alkanes of at least 4 members (excludes halogenated alkanes) is 3. The van der Waals surface area contributed by atoms with Crippen molar-refractivity contribution in [3.63, 3.8) is 0 Å². The van der Waals surface area contributed by atoms with Crippen LogP contribution in [0.1, 0.15) is 96.3 Å². The van der Waals surface area contributed by atoms with Gasteiger partial charge in [-0.1, -0.05) is 120 Å². The van der Waals surface area contributed by atoms with E-state index in [2.05, 4.69) is 85.4 Å². The smallest absolute Gasteiger partial charge is 0.665 e. The molecule has 2 aromatic carbocycles. The summed E-state index contributed by atoms with van der Waals surface area (Å²) in [6, 6.07) is 14.7. The predicted molar refractivity (Wildman–Crippen MR) is 231 cm³/mol. The molecule has 0 amide bonds. The normalized spacial score (nSPS) is 23.7. The molecule has 9 heteroatoms. The van der Waals surface area contributed by atoms with Crippen LogP contribution in [0.15, 0.2) is 73.1 Å². The summed E-state index contributed by atoms with van der Waals surface area (Å²) in [4.78, 5) is 2.09. The Hall–Kier alpha value is -2.94. The van der Waals surface area contributed by atoms with Gasteiger partial charge in [0.25, 0.3) is 0 Å². The van der Waals surface area contributed by atoms with Gasteiger partial charge in [0.05, 0.1) is 6.61 Å². The molecule has 0 saturated carbocycles. The number of piperidine rings is 3. The molecule has 3 saturated heterocycles. The van der Waals surface area contributed by atoms with Crippen LogP contribution in [-0.4, -0.2) is 71.0 Å². The number of anilines is 1. The standard InChI is InChI=1S/C26H29N3O.C10H18N2.C10H16N2.Ru/c1-29(2)22-11-7-12-23(19-22)30-18-6-4-3-5-9-20-15-17-28-26-24(20)14-13-21-10-8-16-27-25(21)26;2*1-3-7-11-9(5-1)10-6-2-4-8-12-10;/h7-8,10-17,19H,3-6,9,18H2,1-2H3;9-10H,1-8H2;1,5,9-10H,2-4,6-8H2;/q3*-2;+6. The van der Waals surface area contributed by atoms with Crippen LogP contribution in [0.3, 0.4) is 0 Å². The number of hydrogen-bond acceptors (Lipinski definition) is 2. The van der Waals surface area contributed by atoms with Gasteiger partial charge in [-0.05, 0) is 47.4 Å². The van der Waals surface area contributed by atoms with Crippen LogP contribution in [0.2, 0.25) is 0 Å². The number of hydrogen-bond donors (Lipinski definition) is 0. The molecule has 8 rings (SSSR count). The molecular formula is C46H63N7ORu. The van der Waals surface area contributed by atoms with E-state index in [4.69, 9.17) is 4.74 Å². The Morgan fingerprint density at radius 3 is 2.09 bits per heavy atom. The number of allylic oxidation sites excluding steroid dienone is 2. The van der Waals surface area contributed by atoms with E-state index < -0.39 is 0 Å². The van der Waals surface area contributed by atoms with Gasteiger partial charge in [-0.25, -0.2) is 0 Å². The van der Waals surface area contributed by atoms with Crippen LogP contribution >= 0.6 is 0 Å². The van der Waals surface area contributed by atoms with Crippen molar-refractivity contribution < 1.29 is 24.2 Å². The van der Waals surface area contributed by atoms with E-state index in [1.807, 2.05) is 44.7 Å². The summed E-state index contributed by atoms with van der Waals surface area (Å²) in [7, 11) is 4.09. The summed E-state index contributed by atoms with van der Waals surface area (Å²) in [6.45, 7) is 5.03. The quantitative estimate of drug-likeness (QED) is 0.128. The number of rotatable bonds is 11. The first-order valence-electron chi connectivity index (χ1n) is 21.0. The fraction of sp³-hybridized carbons (Fsp3) is 0.565. The van der Waals surface area contributed by atoms with Crippen LogP contribution < -0.4 is 20.1 Å². The number of nitrogens with zero attached hydrogens (tertiary/aromatic N) is 7. The van der Waals surface area contributed by atoms with E-state index in [0.29, 0.717) is 24.2 Å². The molecule has 4 atom stereocenters. The van der Waals surface area contributed by atoms with Gasteiger partial charge in [-0.3, -0.25) is 0 Å². The van der Waals surface area contributed by atoms with Crippen LogP contribution in [0.4, 0.5) is 17.1 Å². The molecule has 0 bridgehead atoms. The minimum absolute atomic E-state index is 0. The molecule has 4 unspecified atom stereocenters. The largest absolute Gasteiger partial charge is 6.00 e. The molecule has 0 radical (unpaired) electrons. The average molecular weight is 831 g/mol. The molecule has 3 fully saturated rings. The second-order valence-corrected chi connectivity index (χ2v) is 15.4. The van der Waals surface area contributed by atoms with Crippen molar-refractivity contribution in [2.45, 2.75) is 120 Å². The van der Waals surface area contributed by atoms with Crippen molar-refractivity contribution in [3.8, 4) is 5.75 Å². The molecule has 0 aliphatic carbocycles. The Kier molecular flexibility index (Phi) is 18.8. The van der Waals surface area contributed by atoms with Crippen LogP contribution in [-0.2, 0) is 19.5 Å². The van der Waals surface area contributed by atoms with Crippen molar-refractivity contribution in [1.82, 2.24) is 0 Å². The minimum atomic E-state index is 0. The van der Waals surface area contributed by atoms with E-state index in [0.717, 1.165) is 74.4 Å². The monoisotopic (exact) mass is 831 g/mol. The van der Waals surface area contributed by atoms with E-state index in [9.17, 15) is 0 Å². The molecule has 0 spiro atoms. The molecule has 55 heavy (non-hydrogen) atoms. The van der Waals surface area contributed by atoms with Gasteiger partial charge in [-0.15, -0.1) is 55.7 Å². The van der Waals surface area contributed by atoms with Gasteiger partial charge in [-0.2, -0.15) is 24.5 Å². The van der Waals surface area contributed by atoms with Gasteiger partial charge in [0.1, 0.15) is 5.75 Å². The Bertz CT molecular complexity index is 1620. The zero-order valence-electron chi connectivity index (χ0n) is 33.3. The summed E-state index contributed by atoms with van der Waals surface area (Å²) in [5.41, 5.74) is 4.54. The van der Waals surface area contributed by atoms with Crippen molar-refractivity contribution >= 4 is 28.7 Å². The summed E-state index contributed by atoms with van der Waals surface area (Å²) in [5, 5.41) is 30.0. The fourth-order valence-corrected chi connectivity index (χ4v) is 8.03. The minimum Gasteiger partial charge on any atom is -0.665 e. The third kappa shape index (κ3) is 13.6. The van der Waals surface area contributed by atoms with Gasteiger partial charge in [0.2, 0.25) is 0 Å². The third-order valence-electron chi connectivity index (χ3n) is 11.1. The summed E-state index contributed by atoms with van der Waals surface area (Å²) in [5.74, 6) is 0.949. The second-order valence-electron chi connectivity index (χ2n) is 15.4. The maximum absolute atomic E-state index is 5.92. The molecule has 296 valence electrons. The summed E-state index contributed by atoms with van der Waals surface area (Å²) < 4.78 is 5.92. The Balaban J connectivity index is 0.000000189. The van der Waals surface area contributed by atoms with E-state index in [1.165, 1.54) is 93.5 Å². The molecule has 6 aliphatic heterocycles. The molecule has 8 nitrogen and oxygen atoms in total. The van der Waals surface area contributed by atoms with E-state index in [1.54, 1.807) is 0 Å². The molecule has 0 N–H and O–H groups in total. The third-order valence-corrected chi connectivity index (χ3v) is 11.1. The zero-order valence-corrected chi connectivity index (χ0v) is 35.1. The van der Waals surface area contributed by atoms with Crippen LogP contribution in [0.25, 0.3) is 43.5 Å². The van der Waals surface area contributed by atoms with Gasteiger partial charge < -0.3 is 41.5 Å². The maximum Gasteiger partial charge on any atom is 6.00 e. The molecule has 6 aliphatic rings. The van der Waals surface area contributed by atoms with Gasteiger partial charge in [0, 0.05) is 25.8 Å². The first-order chi connectivity index (χ1) is 26.7. The zero-order chi connectivity index (χ0) is 37.2. The van der Waals surface area contributed by atoms with Crippen LogP contribution in [0, 0.1) is 0 Å². The van der Waals surface area contributed by atoms with Crippen molar-refractivity contribution in [2.24, 2.45) is 0 Å². The molecule has 0 aromatic heterocycles. The van der Waals surface area contributed by atoms with E-state index in [-0.39, 0.29) is 19.5 Å². The first kappa shape index (κ1) is 43.2. The van der Waals surface area contributed by atoms with Gasteiger partial charge >= 0.3 is 19.5 Å². The van der Waals surface area contributed by atoms with Crippen molar-refractivity contribution in [2.75, 3.05) is 51.8 Å². The summed E-state index contributed by atoms with van der Waals surface area (Å²) in [6.07, 6.45) is 33.2. The molecule has 6 heterocycles. The number of ether oxygens (including phenoxy) is 1. The number of fused-ring (bicyclic) bond motifs is 3.